The first kappa shape index (κ1) is 19.4. The van der Waals surface area contributed by atoms with E-state index in [-0.39, 0.29) is 29.4 Å². The molecule has 7 nitrogen and oxygen atoms in total. The minimum atomic E-state index is -0.520. The topological polar surface area (TPSA) is 84.4 Å². The summed E-state index contributed by atoms with van der Waals surface area (Å²) in [5, 5.41) is 3.11. The van der Waals surface area contributed by atoms with E-state index < -0.39 is 5.60 Å². The molecule has 138 valence electrons. The summed E-state index contributed by atoms with van der Waals surface area (Å²) in [5.74, 6) is -0.225. The van der Waals surface area contributed by atoms with Gasteiger partial charge in [0.1, 0.15) is 5.60 Å². The average Bonchev–Trinajstić information content (AvgIpc) is 2.45. The molecule has 1 aliphatic rings. The van der Waals surface area contributed by atoms with E-state index in [1.165, 1.54) is 6.20 Å². The van der Waals surface area contributed by atoms with Crippen molar-refractivity contribution in [2.75, 3.05) is 6.54 Å². The van der Waals surface area contributed by atoms with E-state index >= 15 is 0 Å². The van der Waals surface area contributed by atoms with Crippen LogP contribution < -0.4 is 5.32 Å². The van der Waals surface area contributed by atoms with Crippen molar-refractivity contribution in [1.82, 2.24) is 20.2 Å². The van der Waals surface area contributed by atoms with E-state index in [1.807, 2.05) is 27.7 Å². The quantitative estimate of drug-likeness (QED) is 0.811. The molecule has 0 bridgehead atoms. The minimum Gasteiger partial charge on any atom is -0.444 e. The predicted molar refractivity (Wildman–Crippen MR) is 94.7 cm³/mol. The highest BCUT2D eigenvalue weighted by molar-refractivity contribution is 6.28. The lowest BCUT2D eigenvalue weighted by atomic mass is 9.98. The van der Waals surface area contributed by atoms with Crippen LogP contribution in [0, 0.1) is 6.92 Å². The van der Waals surface area contributed by atoms with Crippen molar-refractivity contribution in [2.24, 2.45) is 0 Å². The lowest BCUT2D eigenvalue weighted by Gasteiger charge is -2.38. The summed E-state index contributed by atoms with van der Waals surface area (Å²) in [4.78, 5) is 34.2. The van der Waals surface area contributed by atoms with Crippen LogP contribution in [0.1, 0.15) is 56.6 Å². The standard InChI is InChI=1S/C17H25ClN4O3/c1-10-8-12(6-7-22(10)16(24)25-17(3,4)5)21-14(23)13-9-19-15(18)20-11(13)2/h9-10,12H,6-8H2,1-5H3,(H,21,23)/t10-,12-/m1/s1. The number of nitrogens with one attached hydrogen (secondary N) is 1. The molecule has 0 saturated carbocycles. The molecule has 1 saturated heterocycles. The SMILES string of the molecule is Cc1nc(Cl)ncc1C(=O)N[C@@H]1CCN(C(=O)OC(C)(C)C)[C@H](C)C1. The maximum atomic E-state index is 12.4. The van der Waals surface area contributed by atoms with Gasteiger partial charge in [0, 0.05) is 24.8 Å². The largest absolute Gasteiger partial charge is 0.444 e. The van der Waals surface area contributed by atoms with Crippen LogP contribution in [0.15, 0.2) is 6.20 Å². The van der Waals surface area contributed by atoms with Crippen molar-refractivity contribution < 1.29 is 14.3 Å². The summed E-state index contributed by atoms with van der Waals surface area (Å²) < 4.78 is 5.43. The number of rotatable bonds is 2. The van der Waals surface area contributed by atoms with Crippen molar-refractivity contribution in [3.05, 3.63) is 22.7 Å². The lowest BCUT2D eigenvalue weighted by molar-refractivity contribution is 0.00960. The van der Waals surface area contributed by atoms with Gasteiger partial charge >= 0.3 is 6.09 Å². The van der Waals surface area contributed by atoms with Crippen molar-refractivity contribution in [3.8, 4) is 0 Å². The van der Waals surface area contributed by atoms with Crippen molar-refractivity contribution in [3.63, 3.8) is 0 Å². The molecule has 1 aromatic heterocycles. The molecule has 1 fully saturated rings. The number of aromatic nitrogens is 2. The Hall–Kier alpha value is -1.89. The summed E-state index contributed by atoms with van der Waals surface area (Å²) in [6, 6.07) is -0.0345. The van der Waals surface area contributed by atoms with Gasteiger partial charge in [-0.2, -0.15) is 0 Å². The van der Waals surface area contributed by atoms with E-state index in [0.717, 1.165) is 0 Å². The smallest absolute Gasteiger partial charge is 0.410 e. The van der Waals surface area contributed by atoms with Crippen molar-refractivity contribution in [1.29, 1.82) is 0 Å². The second-order valence-electron chi connectivity index (χ2n) is 7.36. The number of carbonyl (C=O) groups is 2. The van der Waals surface area contributed by atoms with Gasteiger partial charge in [-0.3, -0.25) is 4.79 Å². The molecule has 0 unspecified atom stereocenters. The Kier molecular flexibility index (Phi) is 5.87. The maximum Gasteiger partial charge on any atom is 0.410 e. The van der Waals surface area contributed by atoms with Gasteiger partial charge in [-0.1, -0.05) is 0 Å². The number of nitrogens with zero attached hydrogens (tertiary/aromatic N) is 3. The average molecular weight is 369 g/mol. The number of amides is 2. The first-order chi connectivity index (χ1) is 11.6. The monoisotopic (exact) mass is 368 g/mol. The van der Waals surface area contributed by atoms with Crippen molar-refractivity contribution >= 4 is 23.6 Å². The Balaban J connectivity index is 1.94. The van der Waals surface area contributed by atoms with Crippen LogP contribution in [0.25, 0.3) is 0 Å². The van der Waals surface area contributed by atoms with Crippen LogP contribution in [0.4, 0.5) is 4.79 Å². The van der Waals surface area contributed by atoms with Crippen LogP contribution in [-0.4, -0.2) is 51.1 Å². The molecule has 1 aliphatic heterocycles. The molecule has 0 aromatic carbocycles. The fourth-order valence-corrected chi connectivity index (χ4v) is 3.00. The highest BCUT2D eigenvalue weighted by Crippen LogP contribution is 2.21. The molecule has 25 heavy (non-hydrogen) atoms. The number of aryl methyl sites for hydroxylation is 1. The number of hydrogen-bond acceptors (Lipinski definition) is 5. The van der Waals surface area contributed by atoms with E-state index in [2.05, 4.69) is 15.3 Å². The van der Waals surface area contributed by atoms with E-state index in [9.17, 15) is 9.59 Å². The third kappa shape index (κ3) is 5.29. The molecule has 2 rings (SSSR count). The number of carbonyl (C=O) groups excluding carboxylic acids is 2. The normalized spacial score (nSPS) is 21.0. The zero-order valence-electron chi connectivity index (χ0n) is 15.3. The third-order valence-corrected chi connectivity index (χ3v) is 4.22. The number of likely N-dealkylation sites (tertiary alicyclic amines) is 1. The van der Waals surface area contributed by atoms with Crippen LogP contribution >= 0.6 is 11.6 Å². The number of halogens is 1. The molecule has 1 N–H and O–H groups in total. The van der Waals surface area contributed by atoms with Gasteiger partial charge in [0.2, 0.25) is 5.28 Å². The Bertz CT molecular complexity index is 660. The zero-order valence-corrected chi connectivity index (χ0v) is 16.1. The number of hydrogen-bond donors (Lipinski definition) is 1. The van der Waals surface area contributed by atoms with Gasteiger partial charge < -0.3 is 15.0 Å². The predicted octanol–water partition coefficient (Wildman–Crippen LogP) is 2.96. The van der Waals surface area contributed by atoms with Gasteiger partial charge in [-0.05, 0) is 59.1 Å². The second-order valence-corrected chi connectivity index (χ2v) is 7.69. The first-order valence-corrected chi connectivity index (χ1v) is 8.74. The van der Waals surface area contributed by atoms with Crippen LogP contribution in [0.2, 0.25) is 5.28 Å². The Morgan fingerprint density at radius 3 is 2.64 bits per heavy atom. The van der Waals surface area contributed by atoms with E-state index in [0.29, 0.717) is 30.6 Å². The highest BCUT2D eigenvalue weighted by atomic mass is 35.5. The molecule has 2 heterocycles. The number of piperidine rings is 1. The highest BCUT2D eigenvalue weighted by Gasteiger charge is 2.32. The maximum absolute atomic E-state index is 12.4. The van der Waals surface area contributed by atoms with E-state index in [1.54, 1.807) is 11.8 Å². The summed E-state index contributed by atoms with van der Waals surface area (Å²) >= 11 is 5.72. The molecule has 2 atom stereocenters. The fourth-order valence-electron chi connectivity index (χ4n) is 2.82. The van der Waals surface area contributed by atoms with Crippen LogP contribution in [0.3, 0.4) is 0 Å². The van der Waals surface area contributed by atoms with Gasteiger partial charge in [0.25, 0.3) is 5.91 Å². The summed E-state index contributed by atoms with van der Waals surface area (Å²) in [7, 11) is 0. The second kappa shape index (κ2) is 7.56. The van der Waals surface area contributed by atoms with Crippen LogP contribution in [0.5, 0.6) is 0 Å². The molecule has 1 aromatic rings. The fraction of sp³-hybridized carbons (Fsp3) is 0.647. The molecule has 0 aliphatic carbocycles. The van der Waals surface area contributed by atoms with Gasteiger partial charge in [-0.25, -0.2) is 14.8 Å². The Morgan fingerprint density at radius 1 is 1.40 bits per heavy atom. The summed E-state index contributed by atoms with van der Waals surface area (Å²) in [6.07, 6.45) is 2.45. The third-order valence-electron chi connectivity index (χ3n) is 4.03. The first-order valence-electron chi connectivity index (χ1n) is 8.36. The summed E-state index contributed by atoms with van der Waals surface area (Å²) in [6.45, 7) is 9.75. The van der Waals surface area contributed by atoms with E-state index in [4.69, 9.17) is 16.3 Å². The van der Waals surface area contributed by atoms with Gasteiger partial charge in [0.15, 0.2) is 0 Å². The Labute approximate surface area is 153 Å². The van der Waals surface area contributed by atoms with Crippen molar-refractivity contribution in [2.45, 2.75) is 65.1 Å². The van der Waals surface area contributed by atoms with Crippen LogP contribution in [-0.2, 0) is 4.74 Å². The molecule has 0 spiro atoms. The van der Waals surface area contributed by atoms with Gasteiger partial charge in [0.05, 0.1) is 11.3 Å². The summed E-state index contributed by atoms with van der Waals surface area (Å²) in [5.41, 5.74) is 0.428. The molecule has 0 radical (unpaired) electrons. The zero-order chi connectivity index (χ0) is 18.8. The number of ether oxygens (including phenoxy) is 1. The molecular weight excluding hydrogens is 344 g/mol. The molecule has 8 heteroatoms. The Morgan fingerprint density at radius 2 is 2.08 bits per heavy atom. The minimum absolute atomic E-state index is 0.0172. The molecule has 2 amide bonds. The van der Waals surface area contributed by atoms with Gasteiger partial charge in [-0.15, -0.1) is 0 Å². The lowest BCUT2D eigenvalue weighted by Crippen LogP contribution is -2.52. The molecular formula is C17H25ClN4O3.